The van der Waals surface area contributed by atoms with Crippen LogP contribution >= 0.6 is 0 Å². The Balaban J connectivity index is 0.000000534. The van der Waals surface area contributed by atoms with Gasteiger partial charge in [-0.15, -0.1) is 0 Å². The van der Waals surface area contributed by atoms with Crippen LogP contribution in [0, 0.1) is 0 Å². The van der Waals surface area contributed by atoms with Crippen molar-refractivity contribution in [2.24, 2.45) is 0 Å². The first kappa shape index (κ1) is 24.4. The lowest BCUT2D eigenvalue weighted by Crippen LogP contribution is -2.42. The van der Waals surface area contributed by atoms with E-state index in [9.17, 15) is 10.2 Å². The van der Waals surface area contributed by atoms with Crippen molar-refractivity contribution in [3.63, 3.8) is 0 Å². The molecule has 3 rings (SSSR count). The van der Waals surface area contributed by atoms with Crippen LogP contribution in [0.4, 0.5) is 0 Å². The highest BCUT2D eigenvalue weighted by Crippen LogP contribution is 2.24. The summed E-state index contributed by atoms with van der Waals surface area (Å²) in [6.45, 7) is 1.75. The van der Waals surface area contributed by atoms with Crippen molar-refractivity contribution >= 4 is 11.9 Å². The third kappa shape index (κ3) is 8.49. The largest absolute Gasteiger partial charge is 0.543 e. The molecule has 3 aromatic rings. The molecule has 0 radical (unpaired) electrons. The number of nitrogens with one attached hydrogen (secondary N) is 1. The van der Waals surface area contributed by atoms with Crippen molar-refractivity contribution in [1.82, 2.24) is 5.32 Å². The molecule has 0 saturated carbocycles. The molecule has 0 aliphatic rings. The lowest BCUT2D eigenvalue weighted by molar-refractivity contribution is -0.345. The predicted molar refractivity (Wildman–Crippen MR) is 116 cm³/mol. The Kier molecular flexibility index (Phi) is 9.74. The molecule has 3 aromatic carbocycles. The summed E-state index contributed by atoms with van der Waals surface area (Å²) >= 11 is 0. The van der Waals surface area contributed by atoms with Crippen LogP contribution in [0.1, 0.15) is 22.3 Å². The Morgan fingerprint density at radius 3 is 1.91 bits per heavy atom. The van der Waals surface area contributed by atoms with E-state index in [1.54, 1.807) is 6.07 Å². The Labute approximate surface area is 186 Å². The van der Waals surface area contributed by atoms with Gasteiger partial charge >= 0.3 is 0 Å². The summed E-state index contributed by atoms with van der Waals surface area (Å²) in [6, 6.07) is 24.2. The number of hydrogen-bond acceptors (Lipinski definition) is 7. The molecule has 0 spiro atoms. The molecule has 168 valence electrons. The summed E-state index contributed by atoms with van der Waals surface area (Å²) in [5, 5.41) is 40.2. The van der Waals surface area contributed by atoms with Crippen LogP contribution < -0.4 is 15.5 Å². The van der Waals surface area contributed by atoms with Crippen molar-refractivity contribution in [3.8, 4) is 11.5 Å². The molecule has 0 heterocycles. The van der Waals surface area contributed by atoms with E-state index >= 15 is 0 Å². The topological polar surface area (TPSA) is 133 Å². The average molecular weight is 435 g/mol. The van der Waals surface area contributed by atoms with Crippen LogP contribution in [0.2, 0.25) is 0 Å². The van der Waals surface area contributed by atoms with Crippen molar-refractivity contribution < 1.29 is 30.0 Å². The lowest BCUT2D eigenvalue weighted by atomic mass is 9.98. The Bertz CT molecular complexity index is 1010. The van der Waals surface area contributed by atoms with Gasteiger partial charge < -0.3 is 35.3 Å². The number of carboxylic acid groups (broad SMARTS) is 2. The highest BCUT2D eigenvalue weighted by Gasteiger charge is 2.04. The average Bonchev–Trinajstić information content (AvgIpc) is 2.78. The second-order valence-electron chi connectivity index (χ2n) is 7.08. The number of carbonyl (C=O) groups excluding carboxylic acids is 2. The zero-order valence-corrected chi connectivity index (χ0v) is 17.5. The predicted octanol–water partition coefficient (Wildman–Crippen LogP) is 0.550. The van der Waals surface area contributed by atoms with E-state index in [0.29, 0.717) is 0 Å². The van der Waals surface area contributed by atoms with Gasteiger partial charge in [-0.2, -0.15) is 0 Å². The van der Waals surface area contributed by atoms with Gasteiger partial charge in [0.25, 0.3) is 0 Å². The molecular weight excluding hydrogens is 410 g/mol. The third-order valence-electron chi connectivity index (χ3n) is 4.72. The van der Waals surface area contributed by atoms with Crippen LogP contribution in [0.15, 0.2) is 72.8 Å². The molecule has 0 saturated heterocycles. The minimum absolute atomic E-state index is 0.0580. The maximum Gasteiger partial charge on any atom is 0.157 e. The molecule has 32 heavy (non-hydrogen) atoms. The lowest BCUT2D eigenvalue weighted by Gasteiger charge is -2.11. The summed E-state index contributed by atoms with van der Waals surface area (Å²) in [7, 11) is 0. The van der Waals surface area contributed by atoms with E-state index in [1.807, 2.05) is 12.1 Å². The second kappa shape index (κ2) is 12.8. The number of phenolic OH excluding ortho intramolecular Hbond substituents is 2. The van der Waals surface area contributed by atoms with Crippen LogP contribution in [0.5, 0.6) is 11.5 Å². The third-order valence-corrected chi connectivity index (χ3v) is 4.72. The fourth-order valence-corrected chi connectivity index (χ4v) is 3.09. The quantitative estimate of drug-likeness (QED) is 0.267. The zero-order valence-electron chi connectivity index (χ0n) is 17.5. The van der Waals surface area contributed by atoms with E-state index in [0.717, 1.165) is 37.9 Å². The minimum atomic E-state index is -2.19. The van der Waals surface area contributed by atoms with Crippen molar-refractivity contribution in [2.45, 2.75) is 19.3 Å². The summed E-state index contributed by atoms with van der Waals surface area (Å²) in [4.78, 5) is 17.9. The fraction of sp³-hybridized carbons (Fsp3) is 0.200. The highest BCUT2D eigenvalue weighted by molar-refractivity contribution is 6.25. The smallest absolute Gasteiger partial charge is 0.157 e. The molecule has 0 aromatic heterocycles. The van der Waals surface area contributed by atoms with Crippen molar-refractivity contribution in [2.75, 3.05) is 13.1 Å². The first-order valence-electron chi connectivity index (χ1n) is 10.1. The highest BCUT2D eigenvalue weighted by atomic mass is 16.4. The number of benzene rings is 3. The molecule has 0 amide bonds. The number of aliphatic carboxylic acids is 2. The van der Waals surface area contributed by atoms with Gasteiger partial charge in [0.2, 0.25) is 0 Å². The number of aromatic hydroxyl groups is 2. The molecule has 7 heteroatoms. The monoisotopic (exact) mass is 435 g/mol. The van der Waals surface area contributed by atoms with E-state index in [1.165, 1.54) is 22.8 Å². The van der Waals surface area contributed by atoms with Gasteiger partial charge in [0.15, 0.2) is 11.5 Å². The van der Waals surface area contributed by atoms with Crippen molar-refractivity contribution in [1.29, 1.82) is 0 Å². The van der Waals surface area contributed by atoms with Crippen LogP contribution in [-0.2, 0) is 28.9 Å². The number of hydrogen-bond donors (Lipinski definition) is 3. The molecular formula is C25H25NO6-2. The minimum Gasteiger partial charge on any atom is -0.543 e. The Morgan fingerprint density at radius 2 is 1.28 bits per heavy atom. The fourth-order valence-electron chi connectivity index (χ4n) is 3.09. The van der Waals surface area contributed by atoms with E-state index in [4.69, 9.17) is 19.8 Å². The maximum atomic E-state index is 9.53. The van der Waals surface area contributed by atoms with Crippen molar-refractivity contribution in [3.05, 3.63) is 95.1 Å². The normalized spacial score (nSPS) is 10.1. The summed E-state index contributed by atoms with van der Waals surface area (Å²) in [5.41, 5.74) is 5.10. The summed E-state index contributed by atoms with van der Waals surface area (Å²) in [6.07, 6.45) is 2.77. The molecule has 0 atom stereocenters. The SMILES string of the molecule is O=C([O-])C(=O)[O-].Oc1ccc(CCNCCc2ccccc2Cc2ccccc2)cc1O. The number of carboxylic acids is 2. The van der Waals surface area contributed by atoms with Crippen LogP contribution in [-0.4, -0.2) is 35.2 Å². The number of carbonyl (C=O) groups is 2. The first-order valence-corrected chi connectivity index (χ1v) is 10.1. The van der Waals surface area contributed by atoms with Gasteiger partial charge in [0.05, 0.1) is 11.9 Å². The number of phenols is 2. The molecule has 0 aliphatic heterocycles. The van der Waals surface area contributed by atoms with Gasteiger partial charge in [0.1, 0.15) is 0 Å². The Morgan fingerprint density at radius 1 is 0.688 bits per heavy atom. The van der Waals surface area contributed by atoms with Crippen LogP contribution in [0.25, 0.3) is 0 Å². The molecule has 0 bridgehead atoms. The maximum absolute atomic E-state index is 9.53. The van der Waals surface area contributed by atoms with Gasteiger partial charge in [-0.3, -0.25) is 0 Å². The molecule has 0 unspecified atom stereocenters. The summed E-state index contributed by atoms with van der Waals surface area (Å²) in [5.74, 6) is -4.50. The van der Waals surface area contributed by atoms with Gasteiger partial charge in [0, 0.05) is 0 Å². The number of rotatable bonds is 8. The zero-order chi connectivity index (χ0) is 23.3. The molecule has 7 nitrogen and oxygen atoms in total. The van der Waals surface area contributed by atoms with E-state index in [-0.39, 0.29) is 11.5 Å². The molecule has 3 N–H and O–H groups in total. The standard InChI is InChI=1S/C23H25NO2.C2H2O4/c25-22-11-10-19(17-23(22)26)12-14-24-15-13-20-8-4-5-9-21(20)16-18-6-2-1-3-7-18;3-1(4)2(5)6/h1-11,17,24-26H,12-16H2;(H,3,4)(H,5,6)/p-2. The summed E-state index contributed by atoms with van der Waals surface area (Å²) < 4.78 is 0. The van der Waals surface area contributed by atoms with Gasteiger partial charge in [-0.25, -0.2) is 0 Å². The van der Waals surface area contributed by atoms with E-state index in [2.05, 4.69) is 53.8 Å². The van der Waals surface area contributed by atoms with Gasteiger partial charge in [-0.1, -0.05) is 60.7 Å². The van der Waals surface area contributed by atoms with E-state index < -0.39 is 11.9 Å². The van der Waals surface area contributed by atoms with Crippen LogP contribution in [0.3, 0.4) is 0 Å². The molecule has 0 fully saturated rings. The van der Waals surface area contributed by atoms with Gasteiger partial charge in [-0.05, 0) is 66.7 Å². The molecule has 0 aliphatic carbocycles. The Hall–Kier alpha value is -3.84. The first-order chi connectivity index (χ1) is 15.4. The second-order valence-corrected chi connectivity index (χ2v) is 7.08.